The number of fused-ring (bicyclic) bond motifs is 1. The Kier molecular flexibility index (Phi) is 4.25. The van der Waals surface area contributed by atoms with Crippen LogP contribution < -0.4 is 10.1 Å². The Labute approximate surface area is 139 Å². The van der Waals surface area contributed by atoms with Crippen LogP contribution >= 0.6 is 0 Å². The van der Waals surface area contributed by atoms with Crippen LogP contribution in [-0.2, 0) is 6.54 Å². The molecule has 1 heterocycles. The molecule has 0 atom stereocenters. The predicted molar refractivity (Wildman–Crippen MR) is 91.9 cm³/mol. The molecule has 1 aromatic heterocycles. The fourth-order valence-corrected chi connectivity index (χ4v) is 2.82. The number of hydrogen-bond acceptors (Lipinski definition) is 2. The van der Waals surface area contributed by atoms with Crippen molar-refractivity contribution in [2.45, 2.75) is 20.4 Å². The first-order valence-corrected chi connectivity index (χ1v) is 7.68. The lowest BCUT2D eigenvalue weighted by Gasteiger charge is -2.06. The third kappa shape index (κ3) is 3.11. The van der Waals surface area contributed by atoms with E-state index in [1.54, 1.807) is 12.1 Å². The number of H-pyrrole nitrogens is 1. The minimum atomic E-state index is -0.444. The molecule has 24 heavy (non-hydrogen) atoms. The van der Waals surface area contributed by atoms with Crippen LogP contribution in [0.15, 0.2) is 36.4 Å². The quantitative estimate of drug-likeness (QED) is 0.765. The van der Waals surface area contributed by atoms with E-state index < -0.39 is 5.82 Å². The van der Waals surface area contributed by atoms with Crippen molar-refractivity contribution in [3.8, 4) is 5.75 Å². The molecule has 2 aromatic carbocycles. The smallest absolute Gasteiger partial charge is 0.267 e. The Morgan fingerprint density at radius 2 is 2.00 bits per heavy atom. The molecular formula is C19H19FN2O2. The summed E-state index contributed by atoms with van der Waals surface area (Å²) in [6, 6.07) is 10.6. The highest BCUT2D eigenvalue weighted by molar-refractivity contribution is 5.98. The second kappa shape index (κ2) is 6.35. The maximum absolute atomic E-state index is 13.7. The summed E-state index contributed by atoms with van der Waals surface area (Å²) in [6.07, 6.45) is 0. The summed E-state index contributed by atoms with van der Waals surface area (Å²) in [5, 5.41) is 3.83. The van der Waals surface area contributed by atoms with Gasteiger partial charge in [-0.05, 0) is 54.8 Å². The van der Waals surface area contributed by atoms with E-state index in [2.05, 4.69) is 16.4 Å². The van der Waals surface area contributed by atoms with Crippen molar-refractivity contribution >= 4 is 16.8 Å². The van der Waals surface area contributed by atoms with E-state index in [1.807, 2.05) is 26.0 Å². The zero-order chi connectivity index (χ0) is 17.3. The number of aryl methyl sites for hydroxylation is 2. The zero-order valence-electron chi connectivity index (χ0n) is 13.9. The van der Waals surface area contributed by atoms with Crippen molar-refractivity contribution in [1.82, 2.24) is 10.3 Å². The number of aromatic amines is 1. The summed E-state index contributed by atoms with van der Waals surface area (Å²) in [5.41, 5.74) is 4.37. The van der Waals surface area contributed by atoms with Gasteiger partial charge in [0.05, 0.1) is 7.11 Å². The molecular weight excluding hydrogens is 307 g/mol. The summed E-state index contributed by atoms with van der Waals surface area (Å²) in [7, 11) is 1.42. The van der Waals surface area contributed by atoms with Crippen molar-refractivity contribution < 1.29 is 13.9 Å². The Hall–Kier alpha value is -2.82. The van der Waals surface area contributed by atoms with Crippen LogP contribution in [0.3, 0.4) is 0 Å². The molecule has 0 spiro atoms. The van der Waals surface area contributed by atoms with Crippen molar-refractivity contribution in [3.05, 3.63) is 64.6 Å². The van der Waals surface area contributed by atoms with Crippen LogP contribution in [0, 0.1) is 19.7 Å². The molecule has 3 aromatic rings. The third-order valence-electron chi connectivity index (χ3n) is 4.00. The van der Waals surface area contributed by atoms with Gasteiger partial charge in [-0.1, -0.05) is 12.1 Å². The predicted octanol–water partition coefficient (Wildman–Crippen LogP) is 3.86. The van der Waals surface area contributed by atoms with E-state index in [-0.39, 0.29) is 18.2 Å². The van der Waals surface area contributed by atoms with Crippen LogP contribution in [0.5, 0.6) is 5.75 Å². The largest absolute Gasteiger partial charge is 0.494 e. The van der Waals surface area contributed by atoms with Gasteiger partial charge < -0.3 is 15.0 Å². The molecule has 0 aliphatic heterocycles. The molecule has 4 nitrogen and oxygen atoms in total. The van der Waals surface area contributed by atoms with Gasteiger partial charge in [0, 0.05) is 17.4 Å². The highest BCUT2D eigenvalue weighted by atomic mass is 19.1. The van der Waals surface area contributed by atoms with Gasteiger partial charge in [0.1, 0.15) is 5.69 Å². The van der Waals surface area contributed by atoms with Gasteiger partial charge in [0.15, 0.2) is 11.6 Å². The van der Waals surface area contributed by atoms with E-state index in [4.69, 9.17) is 4.74 Å². The second-order valence-corrected chi connectivity index (χ2v) is 5.88. The molecule has 0 saturated heterocycles. The average Bonchev–Trinajstić information content (AvgIpc) is 2.97. The lowest BCUT2D eigenvalue weighted by Crippen LogP contribution is -2.23. The molecule has 0 bridgehead atoms. The van der Waals surface area contributed by atoms with Gasteiger partial charge in [-0.3, -0.25) is 4.79 Å². The second-order valence-electron chi connectivity index (χ2n) is 5.88. The van der Waals surface area contributed by atoms with Crippen LogP contribution in [0.25, 0.3) is 10.9 Å². The number of rotatable bonds is 4. The molecule has 0 unspecified atom stereocenters. The van der Waals surface area contributed by atoms with E-state index in [0.717, 1.165) is 22.0 Å². The number of amides is 1. The number of nitrogens with one attached hydrogen (secondary N) is 2. The highest BCUT2D eigenvalue weighted by Gasteiger charge is 2.11. The van der Waals surface area contributed by atoms with Crippen molar-refractivity contribution in [1.29, 1.82) is 0 Å². The van der Waals surface area contributed by atoms with E-state index in [1.165, 1.54) is 13.2 Å². The van der Waals surface area contributed by atoms with Gasteiger partial charge >= 0.3 is 0 Å². The van der Waals surface area contributed by atoms with Crippen molar-refractivity contribution in [2.24, 2.45) is 0 Å². The standard InChI is InChI=1S/C19H19FN2O2/c1-11-6-12(2)14-9-17(22-16(14)7-11)19(23)21-10-13-4-5-18(24-3)15(20)8-13/h4-9,22H,10H2,1-3H3,(H,21,23). The SMILES string of the molecule is COc1ccc(CNC(=O)c2cc3c(C)cc(C)cc3[nH]2)cc1F. The Morgan fingerprint density at radius 1 is 1.21 bits per heavy atom. The minimum absolute atomic E-state index is 0.187. The number of methoxy groups -OCH3 is 1. The maximum atomic E-state index is 13.7. The van der Waals surface area contributed by atoms with Crippen molar-refractivity contribution in [2.75, 3.05) is 7.11 Å². The van der Waals surface area contributed by atoms with Crippen LogP contribution in [0.2, 0.25) is 0 Å². The van der Waals surface area contributed by atoms with E-state index in [0.29, 0.717) is 11.3 Å². The van der Waals surface area contributed by atoms with Crippen LogP contribution in [0.1, 0.15) is 27.2 Å². The summed E-state index contributed by atoms with van der Waals surface area (Å²) in [5.74, 6) is -0.480. The molecule has 0 fully saturated rings. The van der Waals surface area contributed by atoms with Gasteiger partial charge in [-0.25, -0.2) is 4.39 Å². The summed E-state index contributed by atoms with van der Waals surface area (Å²) in [4.78, 5) is 15.5. The van der Waals surface area contributed by atoms with Gasteiger partial charge in [-0.2, -0.15) is 0 Å². The number of halogens is 1. The molecule has 124 valence electrons. The summed E-state index contributed by atoms with van der Waals surface area (Å²) >= 11 is 0. The van der Waals surface area contributed by atoms with Gasteiger partial charge in [-0.15, -0.1) is 0 Å². The number of aromatic nitrogens is 1. The number of carbonyl (C=O) groups excluding carboxylic acids is 1. The first-order valence-electron chi connectivity index (χ1n) is 7.68. The van der Waals surface area contributed by atoms with Crippen molar-refractivity contribution in [3.63, 3.8) is 0 Å². The van der Waals surface area contributed by atoms with Crippen LogP contribution in [0.4, 0.5) is 4.39 Å². The first kappa shape index (κ1) is 16.1. The van der Waals surface area contributed by atoms with Crippen LogP contribution in [-0.4, -0.2) is 18.0 Å². The number of ether oxygens (including phenoxy) is 1. The lowest BCUT2D eigenvalue weighted by molar-refractivity contribution is 0.0946. The van der Waals surface area contributed by atoms with Gasteiger partial charge in [0.2, 0.25) is 0 Å². The lowest BCUT2D eigenvalue weighted by atomic mass is 10.1. The Bertz CT molecular complexity index is 915. The molecule has 0 aliphatic rings. The van der Waals surface area contributed by atoms with Gasteiger partial charge in [0.25, 0.3) is 5.91 Å². The first-order chi connectivity index (χ1) is 11.5. The Morgan fingerprint density at radius 3 is 2.71 bits per heavy atom. The number of carbonyl (C=O) groups is 1. The highest BCUT2D eigenvalue weighted by Crippen LogP contribution is 2.22. The third-order valence-corrected chi connectivity index (χ3v) is 4.00. The molecule has 0 radical (unpaired) electrons. The molecule has 0 saturated carbocycles. The fourth-order valence-electron chi connectivity index (χ4n) is 2.82. The summed E-state index contributed by atoms with van der Waals surface area (Å²) < 4.78 is 18.6. The normalized spacial score (nSPS) is 10.8. The minimum Gasteiger partial charge on any atom is -0.494 e. The zero-order valence-corrected chi connectivity index (χ0v) is 13.9. The van der Waals surface area contributed by atoms with E-state index in [9.17, 15) is 9.18 Å². The monoisotopic (exact) mass is 326 g/mol. The maximum Gasteiger partial charge on any atom is 0.267 e. The molecule has 2 N–H and O–H groups in total. The average molecular weight is 326 g/mol. The Balaban J connectivity index is 1.75. The summed E-state index contributed by atoms with van der Waals surface area (Å²) in [6.45, 7) is 4.28. The van der Waals surface area contributed by atoms with E-state index >= 15 is 0 Å². The molecule has 0 aliphatic carbocycles. The molecule has 1 amide bonds. The fraction of sp³-hybridized carbons (Fsp3) is 0.211. The number of hydrogen-bond donors (Lipinski definition) is 2. The molecule has 3 rings (SSSR count). The topological polar surface area (TPSA) is 54.1 Å². The molecule has 5 heteroatoms. The number of benzene rings is 2.